The van der Waals surface area contributed by atoms with E-state index in [0.717, 1.165) is 27.2 Å². The molecule has 0 radical (unpaired) electrons. The van der Waals surface area contributed by atoms with Crippen LogP contribution in [0.5, 0.6) is 0 Å². The molecule has 3 rings (SSSR count). The first-order chi connectivity index (χ1) is 12.8. The molecular formula is C19H16F2N2O3S. The van der Waals surface area contributed by atoms with Crippen LogP contribution in [0.3, 0.4) is 0 Å². The third-order valence-electron chi connectivity index (χ3n) is 4.00. The maximum absolute atomic E-state index is 13.2. The number of amides is 1. The number of fused-ring (bicyclic) bond motifs is 1. The number of rotatable bonds is 5. The van der Waals surface area contributed by atoms with E-state index in [1.165, 1.54) is 25.2 Å². The number of likely N-dealkylation sites (N-methyl/N-ethyl adjacent to an activating group) is 1. The number of carbonyl (C=O) groups is 1. The lowest BCUT2D eigenvalue weighted by Gasteiger charge is -2.17. The van der Waals surface area contributed by atoms with Crippen LogP contribution in [0.25, 0.3) is 10.8 Å². The Hall–Kier alpha value is -2.84. The van der Waals surface area contributed by atoms with Crippen molar-refractivity contribution >= 4 is 32.4 Å². The van der Waals surface area contributed by atoms with Crippen molar-refractivity contribution in [3.05, 3.63) is 72.3 Å². The molecule has 0 spiro atoms. The zero-order valence-corrected chi connectivity index (χ0v) is 15.1. The summed E-state index contributed by atoms with van der Waals surface area (Å²) in [6, 6.07) is 14.9. The molecule has 0 atom stereocenters. The topological polar surface area (TPSA) is 66.5 Å². The molecular weight excluding hydrogens is 374 g/mol. The Morgan fingerprint density at radius 1 is 0.963 bits per heavy atom. The van der Waals surface area contributed by atoms with Gasteiger partial charge in [0, 0.05) is 18.8 Å². The number of nitrogens with one attached hydrogen (secondary N) is 1. The summed E-state index contributed by atoms with van der Waals surface area (Å²) in [7, 11) is -2.62. The quantitative estimate of drug-likeness (QED) is 0.726. The van der Waals surface area contributed by atoms with E-state index in [4.69, 9.17) is 0 Å². The van der Waals surface area contributed by atoms with Crippen molar-refractivity contribution in [2.24, 2.45) is 0 Å². The van der Waals surface area contributed by atoms with Crippen LogP contribution in [-0.2, 0) is 14.8 Å². The summed E-state index contributed by atoms with van der Waals surface area (Å²) in [5.41, 5.74) is 0.0374. The standard InChI is InChI=1S/C19H16F2N2O3S/c1-23(12-19(24)22-15-7-9-17(20)18(21)11-15)27(25,26)16-8-6-13-4-2-3-5-14(13)10-16/h2-11H,12H2,1H3,(H,22,24). The highest BCUT2D eigenvalue weighted by molar-refractivity contribution is 7.89. The molecule has 27 heavy (non-hydrogen) atoms. The maximum atomic E-state index is 13.2. The second-order valence-corrected chi connectivity index (χ2v) is 7.99. The molecule has 0 aliphatic rings. The number of benzene rings is 3. The van der Waals surface area contributed by atoms with Crippen LogP contribution in [-0.4, -0.2) is 32.2 Å². The minimum Gasteiger partial charge on any atom is -0.325 e. The van der Waals surface area contributed by atoms with Gasteiger partial charge in [0.25, 0.3) is 0 Å². The number of halogens is 2. The van der Waals surface area contributed by atoms with Crippen molar-refractivity contribution in [3.8, 4) is 0 Å². The lowest BCUT2D eigenvalue weighted by Crippen LogP contribution is -2.35. The first kappa shape index (κ1) is 18.9. The predicted molar refractivity (Wildman–Crippen MR) is 98.8 cm³/mol. The number of nitrogens with zero attached hydrogens (tertiary/aromatic N) is 1. The number of carbonyl (C=O) groups excluding carboxylic acids is 1. The molecule has 3 aromatic rings. The highest BCUT2D eigenvalue weighted by Crippen LogP contribution is 2.21. The molecule has 0 heterocycles. The molecule has 0 aliphatic carbocycles. The smallest absolute Gasteiger partial charge is 0.243 e. The van der Waals surface area contributed by atoms with Gasteiger partial charge in [0.1, 0.15) is 0 Å². The molecule has 1 amide bonds. The Labute approximate surface area is 155 Å². The van der Waals surface area contributed by atoms with E-state index in [1.54, 1.807) is 18.2 Å². The summed E-state index contributed by atoms with van der Waals surface area (Å²) in [5, 5.41) is 4.00. The second kappa shape index (κ2) is 7.42. The van der Waals surface area contributed by atoms with E-state index in [9.17, 15) is 22.0 Å². The summed E-state index contributed by atoms with van der Waals surface area (Å²) in [4.78, 5) is 12.1. The summed E-state index contributed by atoms with van der Waals surface area (Å²) >= 11 is 0. The van der Waals surface area contributed by atoms with E-state index >= 15 is 0 Å². The van der Waals surface area contributed by atoms with Crippen molar-refractivity contribution in [2.45, 2.75) is 4.90 Å². The largest absolute Gasteiger partial charge is 0.325 e. The first-order valence-electron chi connectivity index (χ1n) is 7.97. The van der Waals surface area contributed by atoms with Crippen LogP contribution in [0.1, 0.15) is 0 Å². The molecule has 0 saturated heterocycles. The number of hydrogen-bond donors (Lipinski definition) is 1. The molecule has 3 aromatic carbocycles. The highest BCUT2D eigenvalue weighted by Gasteiger charge is 2.23. The Balaban J connectivity index is 1.75. The molecule has 0 saturated carbocycles. The van der Waals surface area contributed by atoms with Gasteiger partial charge in [0.05, 0.1) is 11.4 Å². The first-order valence-corrected chi connectivity index (χ1v) is 9.41. The molecule has 1 N–H and O–H groups in total. The number of anilines is 1. The molecule has 8 heteroatoms. The van der Waals surface area contributed by atoms with Gasteiger partial charge < -0.3 is 5.32 Å². The van der Waals surface area contributed by atoms with Gasteiger partial charge in [0.15, 0.2) is 11.6 Å². The van der Waals surface area contributed by atoms with Crippen molar-refractivity contribution in [1.82, 2.24) is 4.31 Å². The van der Waals surface area contributed by atoms with Crippen molar-refractivity contribution in [1.29, 1.82) is 0 Å². The third-order valence-corrected chi connectivity index (χ3v) is 5.80. The Morgan fingerprint density at radius 2 is 1.67 bits per heavy atom. The van der Waals surface area contributed by atoms with E-state index in [0.29, 0.717) is 0 Å². The Kier molecular flexibility index (Phi) is 5.20. The van der Waals surface area contributed by atoms with Crippen LogP contribution in [0.4, 0.5) is 14.5 Å². The summed E-state index contributed by atoms with van der Waals surface area (Å²) < 4.78 is 52.4. The number of hydrogen-bond acceptors (Lipinski definition) is 3. The van der Waals surface area contributed by atoms with Crippen molar-refractivity contribution < 1.29 is 22.0 Å². The average Bonchev–Trinajstić information content (AvgIpc) is 2.64. The van der Waals surface area contributed by atoms with Crippen LogP contribution in [0, 0.1) is 11.6 Å². The minimum absolute atomic E-state index is 0.0374. The number of sulfonamides is 1. The monoisotopic (exact) mass is 390 g/mol. The summed E-state index contributed by atoms with van der Waals surface area (Å²) in [5.74, 6) is -2.82. The fourth-order valence-corrected chi connectivity index (χ4v) is 3.73. The normalized spacial score (nSPS) is 11.7. The van der Waals surface area contributed by atoms with Crippen molar-refractivity contribution in [2.75, 3.05) is 18.9 Å². The molecule has 0 bridgehead atoms. The molecule has 0 aromatic heterocycles. The van der Waals surface area contributed by atoms with Gasteiger partial charge in [-0.05, 0) is 35.0 Å². The highest BCUT2D eigenvalue weighted by atomic mass is 32.2. The summed E-state index contributed by atoms with van der Waals surface area (Å²) in [6.45, 7) is -0.478. The van der Waals surface area contributed by atoms with Crippen LogP contribution in [0.2, 0.25) is 0 Å². The van der Waals surface area contributed by atoms with Gasteiger partial charge in [-0.1, -0.05) is 30.3 Å². The average molecular weight is 390 g/mol. The minimum atomic E-state index is -3.89. The van der Waals surface area contributed by atoms with Crippen LogP contribution < -0.4 is 5.32 Å². The van der Waals surface area contributed by atoms with Gasteiger partial charge in [-0.3, -0.25) is 4.79 Å². The van der Waals surface area contributed by atoms with Gasteiger partial charge >= 0.3 is 0 Å². The zero-order valence-electron chi connectivity index (χ0n) is 14.3. The molecule has 0 fully saturated rings. The second-order valence-electron chi connectivity index (χ2n) is 5.95. The van der Waals surface area contributed by atoms with E-state index in [-0.39, 0.29) is 10.6 Å². The lowest BCUT2D eigenvalue weighted by atomic mass is 10.1. The van der Waals surface area contributed by atoms with Gasteiger partial charge in [-0.2, -0.15) is 4.31 Å². The fraction of sp³-hybridized carbons (Fsp3) is 0.105. The predicted octanol–water partition coefficient (Wildman–Crippen LogP) is 3.38. The van der Waals surface area contributed by atoms with Crippen LogP contribution >= 0.6 is 0 Å². The maximum Gasteiger partial charge on any atom is 0.243 e. The van der Waals surface area contributed by atoms with Gasteiger partial charge in [-0.15, -0.1) is 0 Å². The SMILES string of the molecule is CN(CC(=O)Nc1ccc(F)c(F)c1)S(=O)(=O)c1ccc2ccccc2c1. The van der Waals surface area contributed by atoms with Gasteiger partial charge in [-0.25, -0.2) is 17.2 Å². The van der Waals surface area contributed by atoms with E-state index in [1.807, 2.05) is 12.1 Å². The molecule has 0 unspecified atom stereocenters. The van der Waals surface area contributed by atoms with Crippen molar-refractivity contribution in [3.63, 3.8) is 0 Å². The Morgan fingerprint density at radius 3 is 2.37 bits per heavy atom. The molecule has 0 aliphatic heterocycles. The van der Waals surface area contributed by atoms with E-state index in [2.05, 4.69) is 5.32 Å². The third kappa shape index (κ3) is 4.12. The Bertz CT molecular complexity index is 1120. The molecule has 5 nitrogen and oxygen atoms in total. The van der Waals surface area contributed by atoms with Crippen LogP contribution in [0.15, 0.2) is 65.6 Å². The van der Waals surface area contributed by atoms with E-state index < -0.39 is 34.1 Å². The van der Waals surface area contributed by atoms with Gasteiger partial charge in [0.2, 0.25) is 15.9 Å². The molecule has 140 valence electrons. The zero-order chi connectivity index (χ0) is 19.6. The lowest BCUT2D eigenvalue weighted by molar-refractivity contribution is -0.116. The fourth-order valence-electron chi connectivity index (χ4n) is 2.57. The summed E-state index contributed by atoms with van der Waals surface area (Å²) in [6.07, 6.45) is 0.